The van der Waals surface area contributed by atoms with Crippen LogP contribution < -0.4 is 5.32 Å². The van der Waals surface area contributed by atoms with Crippen LogP contribution in [0.2, 0.25) is 5.15 Å². The second-order valence-corrected chi connectivity index (χ2v) is 3.35. The van der Waals surface area contributed by atoms with Gasteiger partial charge in [0, 0.05) is 6.07 Å². The lowest BCUT2D eigenvalue weighted by atomic mass is 10.3. The van der Waals surface area contributed by atoms with Crippen LogP contribution in [0.15, 0.2) is 12.1 Å². The number of aliphatic hydroxyl groups is 2. The van der Waals surface area contributed by atoms with E-state index in [1.165, 1.54) is 12.1 Å². The van der Waals surface area contributed by atoms with E-state index < -0.39 is 11.0 Å². The van der Waals surface area contributed by atoms with E-state index >= 15 is 0 Å². The van der Waals surface area contributed by atoms with Gasteiger partial charge in [0.1, 0.15) is 5.15 Å². The molecule has 8 heteroatoms. The van der Waals surface area contributed by atoms with Crippen LogP contribution >= 0.6 is 11.6 Å². The summed E-state index contributed by atoms with van der Waals surface area (Å²) < 4.78 is 0. The lowest BCUT2D eigenvalue weighted by Crippen LogP contribution is -2.28. The topological polar surface area (TPSA) is 109 Å². The van der Waals surface area contributed by atoms with Crippen molar-refractivity contribution >= 4 is 23.1 Å². The molecule has 0 bridgehead atoms. The van der Waals surface area contributed by atoms with E-state index in [1.807, 2.05) is 0 Å². The standard InChI is InChI=1S/C8H10ClN3O4/c9-7-2-1-6(12(15)16)8(11-7)10-5(3-13)4-14/h1-2,5,13-14H,3-4H2,(H,10,11). The Morgan fingerprint density at radius 1 is 1.50 bits per heavy atom. The first-order chi connectivity index (χ1) is 7.58. The minimum Gasteiger partial charge on any atom is -0.394 e. The summed E-state index contributed by atoms with van der Waals surface area (Å²) in [6.45, 7) is -0.746. The van der Waals surface area contributed by atoms with Gasteiger partial charge in [-0.3, -0.25) is 10.1 Å². The summed E-state index contributed by atoms with van der Waals surface area (Å²) in [7, 11) is 0. The summed E-state index contributed by atoms with van der Waals surface area (Å²) in [5, 5.41) is 30.9. The Morgan fingerprint density at radius 3 is 2.62 bits per heavy atom. The number of nitrogens with one attached hydrogen (secondary N) is 1. The Kier molecular flexibility index (Phi) is 4.41. The number of pyridine rings is 1. The Hall–Kier alpha value is -1.44. The first kappa shape index (κ1) is 12.6. The van der Waals surface area contributed by atoms with Crippen LogP contribution in [0.1, 0.15) is 0 Å². The summed E-state index contributed by atoms with van der Waals surface area (Å²) in [4.78, 5) is 13.7. The van der Waals surface area contributed by atoms with Crippen LogP contribution in [-0.2, 0) is 0 Å². The molecule has 0 aliphatic heterocycles. The molecule has 1 rings (SSSR count). The molecular weight excluding hydrogens is 238 g/mol. The van der Waals surface area contributed by atoms with E-state index in [0.717, 1.165) is 0 Å². The van der Waals surface area contributed by atoms with Crippen molar-refractivity contribution in [3.63, 3.8) is 0 Å². The zero-order valence-corrected chi connectivity index (χ0v) is 8.89. The third-order valence-corrected chi connectivity index (χ3v) is 2.03. The molecule has 1 aromatic rings. The van der Waals surface area contributed by atoms with Crippen molar-refractivity contribution < 1.29 is 15.1 Å². The van der Waals surface area contributed by atoms with Gasteiger partial charge in [-0.25, -0.2) is 4.98 Å². The first-order valence-corrected chi connectivity index (χ1v) is 4.75. The molecule has 0 aliphatic carbocycles. The Balaban J connectivity index is 3.00. The van der Waals surface area contributed by atoms with Crippen molar-refractivity contribution in [1.29, 1.82) is 0 Å². The lowest BCUT2D eigenvalue weighted by Gasteiger charge is -2.13. The minimum absolute atomic E-state index is 0.0781. The first-order valence-electron chi connectivity index (χ1n) is 4.37. The molecule has 0 saturated heterocycles. The van der Waals surface area contributed by atoms with Gasteiger partial charge in [0.25, 0.3) is 0 Å². The average molecular weight is 248 g/mol. The zero-order valence-electron chi connectivity index (χ0n) is 8.13. The highest BCUT2D eigenvalue weighted by Gasteiger charge is 2.18. The summed E-state index contributed by atoms with van der Waals surface area (Å²) in [5.74, 6) is -0.0781. The van der Waals surface area contributed by atoms with Gasteiger partial charge in [0.05, 0.1) is 24.2 Å². The summed E-state index contributed by atoms with van der Waals surface area (Å²) in [6.07, 6.45) is 0. The maximum atomic E-state index is 10.6. The number of aliphatic hydroxyl groups excluding tert-OH is 2. The minimum atomic E-state index is -0.718. The maximum absolute atomic E-state index is 10.6. The smallest absolute Gasteiger partial charge is 0.311 e. The van der Waals surface area contributed by atoms with E-state index in [1.54, 1.807) is 0 Å². The fraction of sp³-hybridized carbons (Fsp3) is 0.375. The van der Waals surface area contributed by atoms with Crippen molar-refractivity contribution in [1.82, 2.24) is 4.98 Å². The van der Waals surface area contributed by atoms with Gasteiger partial charge >= 0.3 is 5.69 Å². The van der Waals surface area contributed by atoms with Crippen molar-refractivity contribution in [3.05, 3.63) is 27.4 Å². The average Bonchev–Trinajstić information content (AvgIpc) is 2.25. The number of halogens is 1. The normalized spacial score (nSPS) is 10.5. The van der Waals surface area contributed by atoms with Crippen molar-refractivity contribution in [3.8, 4) is 0 Å². The predicted octanol–water partition coefficient (Wildman–Crippen LogP) is 0.408. The highest BCUT2D eigenvalue weighted by Crippen LogP contribution is 2.24. The number of nitrogens with zero attached hydrogens (tertiary/aromatic N) is 2. The quantitative estimate of drug-likeness (QED) is 0.395. The number of rotatable bonds is 5. The largest absolute Gasteiger partial charge is 0.394 e. The highest BCUT2D eigenvalue weighted by atomic mass is 35.5. The van der Waals surface area contributed by atoms with Crippen LogP contribution in [-0.4, -0.2) is 39.4 Å². The molecule has 88 valence electrons. The molecular formula is C8H10ClN3O4. The van der Waals surface area contributed by atoms with Gasteiger partial charge in [-0.15, -0.1) is 0 Å². The molecule has 0 aromatic carbocycles. The summed E-state index contributed by atoms with van der Waals surface area (Å²) in [6, 6.07) is 1.77. The molecule has 0 atom stereocenters. The zero-order chi connectivity index (χ0) is 12.1. The molecule has 0 amide bonds. The third kappa shape index (κ3) is 3.02. The monoisotopic (exact) mass is 247 g/mol. The van der Waals surface area contributed by atoms with Gasteiger partial charge < -0.3 is 15.5 Å². The highest BCUT2D eigenvalue weighted by molar-refractivity contribution is 6.29. The molecule has 16 heavy (non-hydrogen) atoms. The maximum Gasteiger partial charge on any atom is 0.311 e. The van der Waals surface area contributed by atoms with Gasteiger partial charge in [-0.1, -0.05) is 11.6 Å². The number of nitro groups is 1. The van der Waals surface area contributed by atoms with E-state index in [4.69, 9.17) is 21.8 Å². The Bertz CT molecular complexity index is 384. The van der Waals surface area contributed by atoms with Crippen LogP contribution in [0.25, 0.3) is 0 Å². The fourth-order valence-electron chi connectivity index (χ4n) is 1.02. The van der Waals surface area contributed by atoms with Gasteiger partial charge in [-0.2, -0.15) is 0 Å². The Morgan fingerprint density at radius 2 is 2.12 bits per heavy atom. The molecule has 7 nitrogen and oxygen atoms in total. The molecule has 0 spiro atoms. The predicted molar refractivity (Wildman–Crippen MR) is 57.5 cm³/mol. The summed E-state index contributed by atoms with van der Waals surface area (Å²) >= 11 is 5.59. The molecule has 0 aliphatic rings. The van der Waals surface area contributed by atoms with Crippen molar-refractivity contribution in [2.24, 2.45) is 0 Å². The van der Waals surface area contributed by atoms with Gasteiger partial charge in [0.2, 0.25) is 5.82 Å². The molecule has 0 fully saturated rings. The van der Waals surface area contributed by atoms with E-state index in [-0.39, 0.29) is 29.9 Å². The van der Waals surface area contributed by atoms with E-state index in [0.29, 0.717) is 0 Å². The SMILES string of the molecule is O=[N+]([O-])c1ccc(Cl)nc1NC(CO)CO. The van der Waals surface area contributed by atoms with Crippen molar-refractivity contribution in [2.75, 3.05) is 18.5 Å². The Labute approximate surface area is 95.8 Å². The number of aromatic nitrogens is 1. The number of hydrogen-bond acceptors (Lipinski definition) is 6. The van der Waals surface area contributed by atoms with Gasteiger partial charge in [0.15, 0.2) is 0 Å². The lowest BCUT2D eigenvalue weighted by molar-refractivity contribution is -0.384. The molecule has 0 radical (unpaired) electrons. The van der Waals surface area contributed by atoms with Crippen LogP contribution in [0, 0.1) is 10.1 Å². The fourth-order valence-corrected chi connectivity index (χ4v) is 1.17. The third-order valence-electron chi connectivity index (χ3n) is 1.82. The second-order valence-electron chi connectivity index (χ2n) is 2.97. The van der Waals surface area contributed by atoms with Crippen LogP contribution in [0.5, 0.6) is 0 Å². The van der Waals surface area contributed by atoms with Crippen molar-refractivity contribution in [2.45, 2.75) is 6.04 Å². The summed E-state index contributed by atoms with van der Waals surface area (Å²) in [5.41, 5.74) is -0.267. The number of hydrogen-bond donors (Lipinski definition) is 3. The van der Waals surface area contributed by atoms with E-state index in [2.05, 4.69) is 10.3 Å². The van der Waals surface area contributed by atoms with Crippen LogP contribution in [0.4, 0.5) is 11.5 Å². The van der Waals surface area contributed by atoms with E-state index in [9.17, 15) is 10.1 Å². The molecule has 0 saturated carbocycles. The molecule has 0 unspecified atom stereocenters. The molecule has 1 aromatic heterocycles. The molecule has 3 N–H and O–H groups in total. The van der Waals surface area contributed by atoms with Crippen LogP contribution in [0.3, 0.4) is 0 Å². The number of anilines is 1. The molecule has 1 heterocycles. The second kappa shape index (κ2) is 5.59. The van der Waals surface area contributed by atoms with Gasteiger partial charge in [-0.05, 0) is 6.07 Å².